The fourth-order valence-corrected chi connectivity index (χ4v) is 2.45. The highest BCUT2D eigenvalue weighted by Crippen LogP contribution is 2.27. The number of hydrogen-bond acceptors (Lipinski definition) is 2. The second kappa shape index (κ2) is 5.64. The first-order valence-corrected chi connectivity index (χ1v) is 7.18. The van der Waals surface area contributed by atoms with Gasteiger partial charge >= 0.3 is 0 Å². The molecule has 0 spiro atoms. The SMILES string of the molecule is CCc1ccc2oc(C(=O)Nc3ccccc3F)c(C)c2c1. The highest BCUT2D eigenvalue weighted by molar-refractivity contribution is 6.06. The van der Waals surface area contributed by atoms with E-state index in [0.29, 0.717) is 5.58 Å². The van der Waals surface area contributed by atoms with Gasteiger partial charge in [-0.3, -0.25) is 4.79 Å². The minimum absolute atomic E-state index is 0.140. The number of amides is 1. The molecule has 0 saturated carbocycles. The molecule has 0 bridgehead atoms. The van der Waals surface area contributed by atoms with Crippen LogP contribution in [0.4, 0.5) is 10.1 Å². The van der Waals surface area contributed by atoms with Crippen molar-refractivity contribution in [2.45, 2.75) is 20.3 Å². The molecule has 1 amide bonds. The molecule has 0 aliphatic heterocycles. The van der Waals surface area contributed by atoms with Gasteiger partial charge in [0.05, 0.1) is 5.69 Å². The summed E-state index contributed by atoms with van der Waals surface area (Å²) in [5, 5.41) is 3.46. The van der Waals surface area contributed by atoms with Crippen molar-refractivity contribution >= 4 is 22.6 Å². The predicted octanol–water partition coefficient (Wildman–Crippen LogP) is 4.70. The fraction of sp³-hybridized carbons (Fsp3) is 0.167. The third kappa shape index (κ3) is 2.48. The van der Waals surface area contributed by atoms with E-state index < -0.39 is 11.7 Å². The minimum Gasteiger partial charge on any atom is -0.451 e. The van der Waals surface area contributed by atoms with Crippen molar-refractivity contribution in [2.75, 3.05) is 5.32 Å². The van der Waals surface area contributed by atoms with Crippen molar-refractivity contribution in [3.63, 3.8) is 0 Å². The Kier molecular flexibility index (Phi) is 3.67. The third-order valence-corrected chi connectivity index (χ3v) is 3.74. The Morgan fingerprint density at radius 2 is 2.00 bits per heavy atom. The number of carbonyl (C=O) groups excluding carboxylic acids is 1. The second-order valence-electron chi connectivity index (χ2n) is 5.17. The van der Waals surface area contributed by atoms with Crippen LogP contribution in [0.25, 0.3) is 11.0 Å². The van der Waals surface area contributed by atoms with Gasteiger partial charge in [0.1, 0.15) is 11.4 Å². The van der Waals surface area contributed by atoms with E-state index >= 15 is 0 Å². The summed E-state index contributed by atoms with van der Waals surface area (Å²) in [6, 6.07) is 11.9. The molecule has 0 unspecified atom stereocenters. The van der Waals surface area contributed by atoms with E-state index in [1.807, 2.05) is 25.1 Å². The van der Waals surface area contributed by atoms with E-state index in [4.69, 9.17) is 4.42 Å². The summed E-state index contributed by atoms with van der Waals surface area (Å²) in [6.45, 7) is 3.91. The molecule has 0 atom stereocenters. The summed E-state index contributed by atoms with van der Waals surface area (Å²) >= 11 is 0. The first kappa shape index (κ1) is 14.3. The van der Waals surface area contributed by atoms with Gasteiger partial charge in [0.25, 0.3) is 5.91 Å². The van der Waals surface area contributed by atoms with Gasteiger partial charge in [-0.15, -0.1) is 0 Å². The number of rotatable bonds is 3. The topological polar surface area (TPSA) is 42.2 Å². The van der Waals surface area contributed by atoms with Crippen molar-refractivity contribution in [1.29, 1.82) is 0 Å². The van der Waals surface area contributed by atoms with Crippen molar-refractivity contribution in [3.05, 3.63) is 65.2 Å². The molecule has 0 fully saturated rings. The molecule has 1 heterocycles. The molecular weight excluding hydrogens is 281 g/mol. The molecule has 1 N–H and O–H groups in total. The summed E-state index contributed by atoms with van der Waals surface area (Å²) < 4.78 is 19.3. The first-order valence-electron chi connectivity index (χ1n) is 7.18. The van der Waals surface area contributed by atoms with Crippen LogP contribution in [0.2, 0.25) is 0 Å². The van der Waals surface area contributed by atoms with E-state index in [1.54, 1.807) is 12.1 Å². The summed E-state index contributed by atoms with van der Waals surface area (Å²) in [7, 11) is 0. The van der Waals surface area contributed by atoms with Gasteiger partial charge in [0.2, 0.25) is 0 Å². The molecule has 3 rings (SSSR count). The molecule has 3 aromatic rings. The largest absolute Gasteiger partial charge is 0.451 e. The average Bonchev–Trinajstić information content (AvgIpc) is 2.86. The number of benzene rings is 2. The summed E-state index contributed by atoms with van der Waals surface area (Å²) in [5.74, 6) is -0.707. The van der Waals surface area contributed by atoms with Gasteiger partial charge in [-0.1, -0.05) is 25.1 Å². The highest BCUT2D eigenvalue weighted by Gasteiger charge is 2.18. The lowest BCUT2D eigenvalue weighted by Crippen LogP contribution is -2.13. The number of halogens is 1. The van der Waals surface area contributed by atoms with E-state index in [9.17, 15) is 9.18 Å². The van der Waals surface area contributed by atoms with E-state index in [0.717, 1.165) is 17.4 Å². The molecule has 1 aromatic heterocycles. The van der Waals surface area contributed by atoms with Crippen LogP contribution in [0.5, 0.6) is 0 Å². The van der Waals surface area contributed by atoms with Crippen LogP contribution in [0.1, 0.15) is 28.6 Å². The smallest absolute Gasteiger partial charge is 0.291 e. The lowest BCUT2D eigenvalue weighted by atomic mass is 10.1. The molecule has 2 aromatic carbocycles. The minimum atomic E-state index is -0.474. The zero-order valence-corrected chi connectivity index (χ0v) is 12.4. The monoisotopic (exact) mass is 297 g/mol. The summed E-state index contributed by atoms with van der Waals surface area (Å²) in [6.07, 6.45) is 0.914. The quantitative estimate of drug-likeness (QED) is 0.761. The fourth-order valence-electron chi connectivity index (χ4n) is 2.45. The van der Waals surface area contributed by atoms with Crippen molar-refractivity contribution in [3.8, 4) is 0 Å². The van der Waals surface area contributed by atoms with Gasteiger partial charge in [-0.2, -0.15) is 0 Å². The Bertz CT molecular complexity index is 851. The molecule has 3 nitrogen and oxygen atoms in total. The number of hydrogen-bond donors (Lipinski definition) is 1. The number of fused-ring (bicyclic) bond motifs is 1. The maximum atomic E-state index is 13.6. The highest BCUT2D eigenvalue weighted by atomic mass is 19.1. The predicted molar refractivity (Wildman–Crippen MR) is 84.7 cm³/mol. The van der Waals surface area contributed by atoms with Crippen molar-refractivity contribution in [2.24, 2.45) is 0 Å². The number of furan rings is 1. The molecule has 0 aliphatic carbocycles. The van der Waals surface area contributed by atoms with Crippen LogP contribution in [0.3, 0.4) is 0 Å². The Hall–Kier alpha value is -2.62. The van der Waals surface area contributed by atoms with Crippen LogP contribution in [-0.2, 0) is 6.42 Å². The lowest BCUT2D eigenvalue weighted by molar-refractivity contribution is 0.0997. The zero-order chi connectivity index (χ0) is 15.7. The number of para-hydroxylation sites is 1. The van der Waals surface area contributed by atoms with Gasteiger partial charge in [0.15, 0.2) is 5.76 Å². The first-order chi connectivity index (χ1) is 10.6. The summed E-state index contributed by atoms with van der Waals surface area (Å²) in [4.78, 5) is 12.3. The van der Waals surface area contributed by atoms with Crippen LogP contribution in [-0.4, -0.2) is 5.91 Å². The average molecular weight is 297 g/mol. The zero-order valence-electron chi connectivity index (χ0n) is 12.4. The maximum absolute atomic E-state index is 13.6. The van der Waals surface area contributed by atoms with Crippen LogP contribution in [0, 0.1) is 12.7 Å². The third-order valence-electron chi connectivity index (χ3n) is 3.74. The Morgan fingerprint density at radius 3 is 2.73 bits per heavy atom. The molecule has 112 valence electrons. The second-order valence-corrected chi connectivity index (χ2v) is 5.17. The molecule has 0 aliphatic rings. The van der Waals surface area contributed by atoms with Crippen LogP contribution < -0.4 is 5.32 Å². The van der Waals surface area contributed by atoms with Crippen LogP contribution >= 0.6 is 0 Å². The Morgan fingerprint density at radius 1 is 1.23 bits per heavy atom. The lowest BCUT2D eigenvalue weighted by Gasteiger charge is -2.04. The summed E-state index contributed by atoms with van der Waals surface area (Å²) in [5.41, 5.74) is 2.74. The van der Waals surface area contributed by atoms with Crippen LogP contribution in [0.15, 0.2) is 46.9 Å². The number of anilines is 1. The van der Waals surface area contributed by atoms with Gasteiger partial charge in [-0.25, -0.2) is 4.39 Å². The van der Waals surface area contributed by atoms with Crippen molar-refractivity contribution < 1.29 is 13.6 Å². The standard InChI is InChI=1S/C18H16FNO2/c1-3-12-8-9-16-13(10-12)11(2)17(22-16)18(21)20-15-7-5-4-6-14(15)19/h4-10H,3H2,1-2H3,(H,20,21). The molecular formula is C18H16FNO2. The van der Waals surface area contributed by atoms with Gasteiger partial charge < -0.3 is 9.73 Å². The number of carbonyl (C=O) groups is 1. The van der Waals surface area contributed by atoms with Crippen molar-refractivity contribution in [1.82, 2.24) is 0 Å². The van der Waals surface area contributed by atoms with E-state index in [-0.39, 0.29) is 11.4 Å². The van der Waals surface area contributed by atoms with E-state index in [2.05, 4.69) is 12.2 Å². The molecule has 22 heavy (non-hydrogen) atoms. The normalized spacial score (nSPS) is 10.9. The van der Waals surface area contributed by atoms with E-state index in [1.165, 1.54) is 17.7 Å². The van der Waals surface area contributed by atoms with Gasteiger partial charge in [0, 0.05) is 10.9 Å². The number of aryl methyl sites for hydroxylation is 2. The molecule has 0 saturated heterocycles. The Balaban J connectivity index is 1.97. The number of nitrogens with one attached hydrogen (secondary N) is 1. The van der Waals surface area contributed by atoms with Gasteiger partial charge in [-0.05, 0) is 43.2 Å². The maximum Gasteiger partial charge on any atom is 0.291 e. The molecule has 0 radical (unpaired) electrons. The Labute approximate surface area is 127 Å². The molecule has 4 heteroatoms.